The van der Waals surface area contributed by atoms with E-state index in [-0.39, 0.29) is 30.2 Å². The second kappa shape index (κ2) is 11.3. The van der Waals surface area contributed by atoms with Crippen LogP contribution in [-0.4, -0.2) is 63.5 Å². The maximum absolute atomic E-state index is 15.0. The van der Waals surface area contributed by atoms with Crippen molar-refractivity contribution in [1.82, 2.24) is 14.5 Å². The van der Waals surface area contributed by atoms with Gasteiger partial charge in [-0.15, -0.1) is 0 Å². The number of hydrogen-bond donors (Lipinski definition) is 3. The summed E-state index contributed by atoms with van der Waals surface area (Å²) in [7, 11) is 1.46. The lowest BCUT2D eigenvalue weighted by molar-refractivity contribution is -0.119. The van der Waals surface area contributed by atoms with Gasteiger partial charge in [0.05, 0.1) is 22.5 Å². The number of nitrogens with one attached hydrogen (secondary N) is 2. The molecule has 0 bridgehead atoms. The van der Waals surface area contributed by atoms with Crippen molar-refractivity contribution in [2.24, 2.45) is 0 Å². The van der Waals surface area contributed by atoms with Crippen LogP contribution in [0.3, 0.4) is 0 Å². The summed E-state index contributed by atoms with van der Waals surface area (Å²) in [5.41, 5.74) is -0.942. The molecule has 1 aliphatic rings. The predicted molar refractivity (Wildman–Crippen MR) is 133 cm³/mol. The Labute approximate surface area is 219 Å². The first-order valence-electron chi connectivity index (χ1n) is 11.1. The normalized spacial score (nSPS) is 16.7. The molecule has 198 valence electrons. The summed E-state index contributed by atoms with van der Waals surface area (Å²) in [6.07, 6.45) is 0.751. The summed E-state index contributed by atoms with van der Waals surface area (Å²) in [6, 6.07) is 7.59. The molecule has 4 rings (SSSR count). The van der Waals surface area contributed by atoms with E-state index in [4.69, 9.17) is 21.4 Å². The number of methoxy groups -OCH3 is 1. The molecule has 1 aliphatic heterocycles. The van der Waals surface area contributed by atoms with Crippen LogP contribution in [-0.2, 0) is 9.53 Å². The maximum Gasteiger partial charge on any atom is 0.511 e. The molecule has 12 nitrogen and oxygen atoms in total. The number of likely N-dealkylation sites (tertiary alicyclic amines) is 1. The monoisotopic (exact) mass is 545 g/mol. The van der Waals surface area contributed by atoms with Gasteiger partial charge in [-0.3, -0.25) is 19.5 Å². The Morgan fingerprint density at radius 3 is 2.63 bits per heavy atom. The van der Waals surface area contributed by atoms with Gasteiger partial charge in [0.25, 0.3) is 5.56 Å². The van der Waals surface area contributed by atoms with Crippen LogP contribution >= 0.6 is 11.6 Å². The zero-order valence-corrected chi connectivity index (χ0v) is 20.5. The molecule has 0 unspecified atom stereocenters. The number of aromatic nitrogens is 2. The Bertz CT molecular complexity index is 1430. The SMILES string of the molecule is CO[C@@H]1C[C@H](C(=O)Nc2ccc(-n3cccc(OC(=O)O)c3=O)cc2F)N(C(=O)Nc2ccc(Cl)cn2)C1. The van der Waals surface area contributed by atoms with Crippen LogP contribution in [0.25, 0.3) is 5.69 Å². The second-order valence-electron chi connectivity index (χ2n) is 8.12. The van der Waals surface area contributed by atoms with Crippen LogP contribution in [0.2, 0.25) is 5.02 Å². The number of carbonyl (C=O) groups is 3. The number of carboxylic acid groups (broad SMARTS) is 1. The molecule has 1 fully saturated rings. The molecule has 3 heterocycles. The van der Waals surface area contributed by atoms with Crippen molar-refractivity contribution in [2.45, 2.75) is 18.6 Å². The lowest BCUT2D eigenvalue weighted by Gasteiger charge is -2.24. The minimum absolute atomic E-state index is 0.0677. The molecule has 38 heavy (non-hydrogen) atoms. The number of pyridine rings is 2. The van der Waals surface area contributed by atoms with Crippen molar-refractivity contribution in [1.29, 1.82) is 0 Å². The van der Waals surface area contributed by atoms with Crippen LogP contribution in [0.15, 0.2) is 59.7 Å². The van der Waals surface area contributed by atoms with Crippen molar-refractivity contribution in [2.75, 3.05) is 24.3 Å². The highest BCUT2D eigenvalue weighted by atomic mass is 35.5. The Kier molecular flexibility index (Phi) is 7.88. The molecule has 14 heteroatoms. The summed E-state index contributed by atoms with van der Waals surface area (Å²) < 4.78 is 25.7. The molecular formula is C24H21ClFN5O7. The van der Waals surface area contributed by atoms with Crippen molar-refractivity contribution in [3.63, 3.8) is 0 Å². The molecule has 1 saturated heterocycles. The summed E-state index contributed by atoms with van der Waals surface area (Å²) >= 11 is 5.82. The predicted octanol–water partition coefficient (Wildman–Crippen LogP) is 3.34. The van der Waals surface area contributed by atoms with Gasteiger partial charge < -0.3 is 24.8 Å². The van der Waals surface area contributed by atoms with Crippen molar-refractivity contribution < 1.29 is 33.4 Å². The fourth-order valence-corrected chi connectivity index (χ4v) is 4.00. The van der Waals surface area contributed by atoms with E-state index >= 15 is 0 Å². The molecule has 3 aromatic rings. The fraction of sp³-hybridized carbons (Fsp3) is 0.208. The van der Waals surface area contributed by atoms with E-state index < -0.39 is 47.4 Å². The van der Waals surface area contributed by atoms with E-state index in [1.807, 2.05) is 0 Å². The third-order valence-corrected chi connectivity index (χ3v) is 5.94. The number of rotatable bonds is 6. The van der Waals surface area contributed by atoms with Crippen LogP contribution < -0.4 is 20.9 Å². The molecule has 3 N–H and O–H groups in total. The number of anilines is 2. The van der Waals surface area contributed by atoms with E-state index in [1.165, 1.54) is 48.7 Å². The number of nitrogens with zero attached hydrogens (tertiary/aromatic N) is 3. The number of ether oxygens (including phenoxy) is 2. The van der Waals surface area contributed by atoms with E-state index in [9.17, 15) is 23.6 Å². The number of carbonyl (C=O) groups excluding carboxylic acids is 2. The van der Waals surface area contributed by atoms with Crippen LogP contribution in [0.4, 0.5) is 25.5 Å². The van der Waals surface area contributed by atoms with Crippen molar-refractivity contribution in [3.05, 3.63) is 76.1 Å². The van der Waals surface area contributed by atoms with E-state index in [0.717, 1.165) is 16.7 Å². The van der Waals surface area contributed by atoms with Crippen LogP contribution in [0.1, 0.15) is 6.42 Å². The third kappa shape index (κ3) is 5.90. The largest absolute Gasteiger partial charge is 0.511 e. The maximum atomic E-state index is 15.0. The van der Waals surface area contributed by atoms with Gasteiger partial charge in [-0.2, -0.15) is 0 Å². The average molecular weight is 546 g/mol. The summed E-state index contributed by atoms with van der Waals surface area (Å²) in [5, 5.41) is 14.2. The first kappa shape index (κ1) is 26.6. The molecule has 2 atom stereocenters. The van der Waals surface area contributed by atoms with Gasteiger partial charge in [-0.25, -0.2) is 19.0 Å². The van der Waals surface area contributed by atoms with Gasteiger partial charge in [0.2, 0.25) is 5.91 Å². The molecular weight excluding hydrogens is 525 g/mol. The Morgan fingerprint density at radius 2 is 1.97 bits per heavy atom. The van der Waals surface area contributed by atoms with Crippen molar-refractivity contribution >= 4 is 41.2 Å². The van der Waals surface area contributed by atoms with E-state index in [2.05, 4.69) is 20.4 Å². The Balaban J connectivity index is 1.51. The van der Waals surface area contributed by atoms with Gasteiger partial charge in [0.15, 0.2) is 5.75 Å². The molecule has 2 aromatic heterocycles. The minimum Gasteiger partial charge on any atom is -0.449 e. The molecule has 3 amide bonds. The highest BCUT2D eigenvalue weighted by Gasteiger charge is 2.40. The number of benzene rings is 1. The first-order valence-corrected chi connectivity index (χ1v) is 11.5. The molecule has 0 aliphatic carbocycles. The molecule has 1 aromatic carbocycles. The van der Waals surface area contributed by atoms with Crippen LogP contribution in [0, 0.1) is 5.82 Å². The molecule has 0 saturated carbocycles. The smallest absolute Gasteiger partial charge is 0.449 e. The zero-order valence-electron chi connectivity index (χ0n) is 19.8. The number of halogens is 2. The topological polar surface area (TPSA) is 152 Å². The fourth-order valence-electron chi connectivity index (χ4n) is 3.89. The molecule has 0 radical (unpaired) electrons. The minimum atomic E-state index is -1.67. The quantitative estimate of drug-likeness (QED) is 0.399. The third-order valence-electron chi connectivity index (χ3n) is 5.72. The average Bonchev–Trinajstić information content (AvgIpc) is 3.33. The highest BCUT2D eigenvalue weighted by Crippen LogP contribution is 2.25. The highest BCUT2D eigenvalue weighted by molar-refractivity contribution is 6.30. The first-order chi connectivity index (χ1) is 18.2. The van der Waals surface area contributed by atoms with Gasteiger partial charge in [0, 0.05) is 38.5 Å². The van der Waals surface area contributed by atoms with Gasteiger partial charge >= 0.3 is 12.2 Å². The van der Waals surface area contributed by atoms with E-state index in [0.29, 0.717) is 5.02 Å². The Morgan fingerprint density at radius 1 is 1.18 bits per heavy atom. The lowest BCUT2D eigenvalue weighted by atomic mass is 10.1. The van der Waals surface area contributed by atoms with Gasteiger partial charge in [-0.1, -0.05) is 11.6 Å². The number of urea groups is 1. The lowest BCUT2D eigenvalue weighted by Crippen LogP contribution is -2.45. The van der Waals surface area contributed by atoms with Crippen LogP contribution in [0.5, 0.6) is 5.75 Å². The summed E-state index contributed by atoms with van der Waals surface area (Å²) in [6.45, 7) is 0.118. The number of hydrogen-bond acceptors (Lipinski definition) is 7. The Hall–Kier alpha value is -4.49. The van der Waals surface area contributed by atoms with Gasteiger partial charge in [0.1, 0.15) is 17.7 Å². The molecule has 0 spiro atoms. The zero-order chi connectivity index (χ0) is 27.4. The van der Waals surface area contributed by atoms with Crippen molar-refractivity contribution in [3.8, 4) is 11.4 Å². The van der Waals surface area contributed by atoms with Gasteiger partial charge in [-0.05, 0) is 36.4 Å². The summed E-state index contributed by atoms with van der Waals surface area (Å²) in [5.74, 6) is -1.74. The van der Waals surface area contributed by atoms with E-state index in [1.54, 1.807) is 6.07 Å². The summed E-state index contributed by atoms with van der Waals surface area (Å²) in [4.78, 5) is 54.5. The standard InChI is InChI=1S/C24H21ClFN5O7/c1-37-15-10-18(31(12-15)23(34)29-20-7-4-13(25)11-27-20)21(32)28-17-6-5-14(9-16(17)26)30-8-2-3-19(22(30)33)38-24(35)36/h2-9,11,15,18H,10,12H2,1H3,(H,28,32)(H,35,36)(H,27,29,34)/t15-,18-/m1/s1. The second-order valence-corrected chi connectivity index (χ2v) is 8.56. The number of amides is 3.